The monoisotopic (exact) mass is 383 g/mol. The Hall–Kier alpha value is -2.18. The van der Waals surface area contributed by atoms with Crippen LogP contribution in [0.25, 0.3) is 16.9 Å². The Labute approximate surface area is 161 Å². The van der Waals surface area contributed by atoms with Crippen LogP contribution in [0, 0.1) is 6.92 Å². The van der Waals surface area contributed by atoms with Crippen molar-refractivity contribution < 1.29 is 4.74 Å². The maximum atomic E-state index is 13.2. The SMILES string of the molecule is CCc1c(-c2ccccc2)c(=O)n2cc(C)nc2n1COCC[Si](C)(C)C. The Morgan fingerprint density at radius 2 is 1.85 bits per heavy atom. The van der Waals surface area contributed by atoms with Gasteiger partial charge < -0.3 is 4.74 Å². The molecule has 0 radical (unpaired) electrons. The number of nitrogens with zero attached hydrogens (tertiary/aromatic N) is 3. The molecule has 0 saturated carbocycles. The Morgan fingerprint density at radius 1 is 1.15 bits per heavy atom. The fourth-order valence-electron chi connectivity index (χ4n) is 3.26. The van der Waals surface area contributed by atoms with Crippen LogP contribution in [0.2, 0.25) is 25.7 Å². The summed E-state index contributed by atoms with van der Waals surface area (Å²) in [6.07, 6.45) is 2.54. The second-order valence-corrected chi connectivity index (χ2v) is 13.8. The van der Waals surface area contributed by atoms with E-state index in [1.54, 1.807) is 4.40 Å². The van der Waals surface area contributed by atoms with Gasteiger partial charge in [0, 0.05) is 26.6 Å². The standard InChI is InChI=1S/C21H29N3O2Si/c1-6-18-19(17-10-8-7-9-11-17)20(25)23-14-16(2)22-21(23)24(18)15-26-12-13-27(3,4)5/h7-11,14H,6,12-13,15H2,1-5H3. The van der Waals surface area contributed by atoms with Gasteiger partial charge in [-0.15, -0.1) is 0 Å². The van der Waals surface area contributed by atoms with Crippen molar-refractivity contribution in [3.8, 4) is 11.1 Å². The van der Waals surface area contributed by atoms with Crippen LogP contribution >= 0.6 is 0 Å². The van der Waals surface area contributed by atoms with E-state index in [4.69, 9.17) is 4.74 Å². The van der Waals surface area contributed by atoms with Crippen molar-refractivity contribution in [2.75, 3.05) is 6.61 Å². The second kappa shape index (κ2) is 7.82. The zero-order chi connectivity index (χ0) is 19.6. The molecular formula is C21H29N3O2Si. The third-order valence-electron chi connectivity index (χ3n) is 4.71. The number of imidazole rings is 1. The summed E-state index contributed by atoms with van der Waals surface area (Å²) in [6, 6.07) is 11.0. The zero-order valence-electron chi connectivity index (χ0n) is 17.0. The van der Waals surface area contributed by atoms with Crippen LogP contribution in [0.15, 0.2) is 41.3 Å². The molecule has 2 heterocycles. The normalized spacial score (nSPS) is 12.0. The lowest BCUT2D eigenvalue weighted by atomic mass is 10.0. The molecule has 0 aliphatic carbocycles. The van der Waals surface area contributed by atoms with Gasteiger partial charge in [-0.1, -0.05) is 56.9 Å². The number of hydrogen-bond acceptors (Lipinski definition) is 3. The third-order valence-corrected chi connectivity index (χ3v) is 6.41. The molecule has 1 aromatic carbocycles. The fraction of sp³-hybridized carbons (Fsp3) is 0.429. The molecule has 27 heavy (non-hydrogen) atoms. The predicted molar refractivity (Wildman–Crippen MR) is 113 cm³/mol. The van der Waals surface area contributed by atoms with Crippen LogP contribution in [-0.4, -0.2) is 28.6 Å². The molecule has 0 aliphatic heterocycles. The maximum Gasteiger partial charge on any atom is 0.267 e. The molecule has 0 N–H and O–H groups in total. The number of fused-ring (bicyclic) bond motifs is 1. The fourth-order valence-corrected chi connectivity index (χ4v) is 4.01. The van der Waals surface area contributed by atoms with Crippen molar-refractivity contribution in [2.24, 2.45) is 0 Å². The first-order valence-electron chi connectivity index (χ1n) is 9.56. The summed E-state index contributed by atoms with van der Waals surface area (Å²) in [5.74, 6) is 0.655. The van der Waals surface area contributed by atoms with E-state index in [1.807, 2.05) is 43.5 Å². The van der Waals surface area contributed by atoms with E-state index in [0.29, 0.717) is 12.5 Å². The van der Waals surface area contributed by atoms with Crippen molar-refractivity contribution in [1.29, 1.82) is 0 Å². The number of rotatable bonds is 7. The summed E-state index contributed by atoms with van der Waals surface area (Å²) in [7, 11) is -1.14. The minimum atomic E-state index is -1.14. The third kappa shape index (κ3) is 4.22. The van der Waals surface area contributed by atoms with Crippen LogP contribution in [0.3, 0.4) is 0 Å². The number of aryl methyl sites for hydroxylation is 1. The minimum absolute atomic E-state index is 0.0213. The summed E-state index contributed by atoms with van der Waals surface area (Å²) in [5, 5.41) is 0. The summed E-state index contributed by atoms with van der Waals surface area (Å²) in [5.41, 5.74) is 3.44. The molecule has 144 valence electrons. The van der Waals surface area contributed by atoms with Gasteiger partial charge in [0.15, 0.2) is 0 Å². The van der Waals surface area contributed by atoms with Gasteiger partial charge in [0.05, 0.1) is 11.3 Å². The van der Waals surface area contributed by atoms with Crippen LogP contribution < -0.4 is 5.56 Å². The molecule has 3 rings (SSSR count). The summed E-state index contributed by atoms with van der Waals surface area (Å²) >= 11 is 0. The second-order valence-electron chi connectivity index (χ2n) is 8.17. The van der Waals surface area contributed by atoms with Crippen molar-refractivity contribution >= 4 is 13.9 Å². The van der Waals surface area contributed by atoms with Gasteiger partial charge in [0.2, 0.25) is 5.78 Å². The van der Waals surface area contributed by atoms with Gasteiger partial charge >= 0.3 is 0 Å². The molecule has 6 heteroatoms. The van der Waals surface area contributed by atoms with E-state index in [9.17, 15) is 4.79 Å². The quantitative estimate of drug-likeness (QED) is 0.450. The first-order valence-corrected chi connectivity index (χ1v) is 13.3. The van der Waals surface area contributed by atoms with Crippen LogP contribution in [-0.2, 0) is 17.9 Å². The number of benzene rings is 1. The maximum absolute atomic E-state index is 13.2. The van der Waals surface area contributed by atoms with E-state index in [-0.39, 0.29) is 5.56 Å². The van der Waals surface area contributed by atoms with Crippen LogP contribution in [0.4, 0.5) is 0 Å². The topological polar surface area (TPSA) is 48.5 Å². The van der Waals surface area contributed by atoms with Gasteiger partial charge in [0.1, 0.15) is 6.73 Å². The molecule has 0 aliphatic rings. The highest BCUT2D eigenvalue weighted by Gasteiger charge is 2.19. The van der Waals surface area contributed by atoms with E-state index in [2.05, 4.69) is 36.1 Å². The average molecular weight is 384 g/mol. The van der Waals surface area contributed by atoms with Gasteiger partial charge in [-0.2, -0.15) is 0 Å². The molecule has 0 amide bonds. The Balaban J connectivity index is 2.10. The summed E-state index contributed by atoms with van der Waals surface area (Å²) in [6.45, 7) is 12.2. The minimum Gasteiger partial charge on any atom is -0.361 e. The molecule has 0 bridgehead atoms. The summed E-state index contributed by atoms with van der Waals surface area (Å²) in [4.78, 5) is 17.8. The van der Waals surface area contributed by atoms with Gasteiger partial charge in [-0.25, -0.2) is 4.98 Å². The van der Waals surface area contributed by atoms with Crippen molar-refractivity contribution in [2.45, 2.75) is 52.7 Å². The van der Waals surface area contributed by atoms with Crippen molar-refractivity contribution in [3.63, 3.8) is 0 Å². The lowest BCUT2D eigenvalue weighted by molar-refractivity contribution is 0.0870. The molecule has 0 fully saturated rings. The molecule has 2 aromatic heterocycles. The molecular weight excluding hydrogens is 354 g/mol. The number of ether oxygens (including phenoxy) is 1. The smallest absolute Gasteiger partial charge is 0.267 e. The Bertz CT molecular complexity index is 985. The van der Waals surface area contributed by atoms with E-state index in [0.717, 1.165) is 41.6 Å². The highest BCUT2D eigenvalue weighted by atomic mass is 28.3. The van der Waals surface area contributed by atoms with E-state index < -0.39 is 8.07 Å². The molecule has 0 saturated heterocycles. The van der Waals surface area contributed by atoms with Crippen molar-refractivity contribution in [3.05, 3.63) is 58.3 Å². The first kappa shape index (κ1) is 19.6. The van der Waals surface area contributed by atoms with Gasteiger partial charge in [-0.05, 0) is 25.0 Å². The van der Waals surface area contributed by atoms with Crippen LogP contribution in [0.5, 0.6) is 0 Å². The van der Waals surface area contributed by atoms with Gasteiger partial charge in [0.25, 0.3) is 5.56 Å². The van der Waals surface area contributed by atoms with Gasteiger partial charge in [-0.3, -0.25) is 13.8 Å². The Kier molecular flexibility index (Phi) is 5.67. The molecule has 5 nitrogen and oxygen atoms in total. The van der Waals surface area contributed by atoms with Crippen LogP contribution in [0.1, 0.15) is 18.3 Å². The predicted octanol–water partition coefficient (Wildman–Crippen LogP) is 4.35. The highest BCUT2D eigenvalue weighted by Crippen LogP contribution is 2.23. The Morgan fingerprint density at radius 3 is 2.48 bits per heavy atom. The van der Waals surface area contributed by atoms with Crippen molar-refractivity contribution in [1.82, 2.24) is 14.0 Å². The number of aromatic nitrogens is 3. The summed E-state index contributed by atoms with van der Waals surface area (Å²) < 4.78 is 9.74. The lowest BCUT2D eigenvalue weighted by Gasteiger charge is -2.20. The highest BCUT2D eigenvalue weighted by molar-refractivity contribution is 6.76. The van der Waals surface area contributed by atoms with E-state index >= 15 is 0 Å². The van der Waals surface area contributed by atoms with E-state index in [1.165, 1.54) is 0 Å². The largest absolute Gasteiger partial charge is 0.361 e. The lowest BCUT2D eigenvalue weighted by Crippen LogP contribution is -2.26. The molecule has 0 unspecified atom stereocenters. The zero-order valence-corrected chi connectivity index (χ0v) is 18.0. The first-order chi connectivity index (χ1) is 12.8. The average Bonchev–Trinajstić information content (AvgIpc) is 3.01. The number of hydrogen-bond donors (Lipinski definition) is 0. The molecule has 0 atom stereocenters. The molecule has 3 aromatic rings. The molecule has 0 spiro atoms.